The van der Waals surface area contributed by atoms with Crippen LogP contribution in [0.15, 0.2) is 10.5 Å². The first kappa shape index (κ1) is 9.55. The zero-order chi connectivity index (χ0) is 9.30. The van der Waals surface area contributed by atoms with E-state index in [-0.39, 0.29) is 12.4 Å². The number of hydrogen-bond acceptors (Lipinski definition) is 2. The SMILES string of the molecule is Cc1cc(C)c(CO)c(O)c1Br. The van der Waals surface area contributed by atoms with Gasteiger partial charge in [-0.05, 0) is 40.9 Å². The van der Waals surface area contributed by atoms with Gasteiger partial charge in [0.2, 0.25) is 0 Å². The van der Waals surface area contributed by atoms with E-state index in [1.165, 1.54) is 0 Å². The fourth-order valence-electron chi connectivity index (χ4n) is 1.18. The van der Waals surface area contributed by atoms with Crippen LogP contribution in [0, 0.1) is 13.8 Å². The molecule has 0 bridgehead atoms. The van der Waals surface area contributed by atoms with Crippen molar-refractivity contribution >= 4 is 15.9 Å². The molecule has 0 heterocycles. The first-order chi connectivity index (χ1) is 5.57. The fraction of sp³-hybridized carbons (Fsp3) is 0.333. The number of aliphatic hydroxyl groups excluding tert-OH is 1. The second-order valence-corrected chi connectivity index (χ2v) is 3.60. The van der Waals surface area contributed by atoms with E-state index >= 15 is 0 Å². The molecule has 3 heteroatoms. The number of hydrogen-bond donors (Lipinski definition) is 2. The van der Waals surface area contributed by atoms with E-state index < -0.39 is 0 Å². The van der Waals surface area contributed by atoms with Gasteiger partial charge in [0, 0.05) is 5.56 Å². The van der Waals surface area contributed by atoms with Crippen LogP contribution in [0.1, 0.15) is 16.7 Å². The molecule has 0 saturated carbocycles. The van der Waals surface area contributed by atoms with Crippen LogP contribution in [0.2, 0.25) is 0 Å². The summed E-state index contributed by atoms with van der Waals surface area (Å²) in [6.45, 7) is 3.64. The Labute approximate surface area is 80.0 Å². The minimum Gasteiger partial charge on any atom is -0.506 e. The molecule has 12 heavy (non-hydrogen) atoms. The predicted molar refractivity (Wildman–Crippen MR) is 51.2 cm³/mol. The highest BCUT2D eigenvalue weighted by Crippen LogP contribution is 2.33. The van der Waals surface area contributed by atoms with Gasteiger partial charge in [0.15, 0.2) is 0 Å². The van der Waals surface area contributed by atoms with Crippen LogP contribution in [-0.2, 0) is 6.61 Å². The molecule has 2 nitrogen and oxygen atoms in total. The topological polar surface area (TPSA) is 40.5 Å². The van der Waals surface area contributed by atoms with Crippen molar-refractivity contribution in [3.63, 3.8) is 0 Å². The Morgan fingerprint density at radius 3 is 2.42 bits per heavy atom. The van der Waals surface area contributed by atoms with Gasteiger partial charge >= 0.3 is 0 Å². The number of halogens is 1. The predicted octanol–water partition coefficient (Wildman–Crippen LogP) is 2.26. The molecule has 1 aromatic rings. The molecule has 0 aliphatic carbocycles. The molecule has 0 spiro atoms. The number of rotatable bonds is 1. The molecule has 66 valence electrons. The third-order valence-corrected chi connectivity index (χ3v) is 2.91. The maximum atomic E-state index is 9.55. The lowest BCUT2D eigenvalue weighted by atomic mass is 10.1. The van der Waals surface area contributed by atoms with Crippen LogP contribution >= 0.6 is 15.9 Å². The van der Waals surface area contributed by atoms with E-state index in [2.05, 4.69) is 15.9 Å². The number of benzene rings is 1. The second-order valence-electron chi connectivity index (χ2n) is 2.81. The normalized spacial score (nSPS) is 10.3. The van der Waals surface area contributed by atoms with Crippen molar-refractivity contribution in [1.82, 2.24) is 0 Å². The van der Waals surface area contributed by atoms with Crippen molar-refractivity contribution in [2.45, 2.75) is 20.5 Å². The summed E-state index contributed by atoms with van der Waals surface area (Å²) in [7, 11) is 0. The third-order valence-electron chi connectivity index (χ3n) is 1.91. The largest absolute Gasteiger partial charge is 0.506 e. The lowest BCUT2D eigenvalue weighted by Crippen LogP contribution is -1.92. The molecule has 0 saturated heterocycles. The van der Waals surface area contributed by atoms with E-state index in [4.69, 9.17) is 5.11 Å². The standard InChI is InChI=1S/C9H11BrO2/c1-5-3-6(2)8(10)9(12)7(5)4-11/h3,11-12H,4H2,1-2H3. The van der Waals surface area contributed by atoms with Crippen LogP contribution in [0.25, 0.3) is 0 Å². The van der Waals surface area contributed by atoms with Crippen molar-refractivity contribution in [2.75, 3.05) is 0 Å². The Morgan fingerprint density at radius 1 is 1.33 bits per heavy atom. The van der Waals surface area contributed by atoms with Crippen molar-refractivity contribution < 1.29 is 10.2 Å². The summed E-state index contributed by atoms with van der Waals surface area (Å²) in [5, 5.41) is 18.5. The highest BCUT2D eigenvalue weighted by molar-refractivity contribution is 9.10. The quantitative estimate of drug-likeness (QED) is 0.778. The molecule has 0 amide bonds. The number of aromatic hydroxyl groups is 1. The molecule has 0 radical (unpaired) electrons. The van der Waals surface area contributed by atoms with E-state index in [9.17, 15) is 5.11 Å². The summed E-state index contributed by atoms with van der Waals surface area (Å²) < 4.78 is 0.664. The minimum absolute atomic E-state index is 0.128. The summed E-state index contributed by atoms with van der Waals surface area (Å²) in [5.41, 5.74) is 2.48. The van der Waals surface area contributed by atoms with Gasteiger partial charge in [0.25, 0.3) is 0 Å². The van der Waals surface area contributed by atoms with E-state index in [0.717, 1.165) is 11.1 Å². The molecule has 0 fully saturated rings. The smallest absolute Gasteiger partial charge is 0.135 e. The maximum Gasteiger partial charge on any atom is 0.135 e. The van der Waals surface area contributed by atoms with Crippen molar-refractivity contribution in [3.8, 4) is 5.75 Å². The lowest BCUT2D eigenvalue weighted by Gasteiger charge is -2.09. The molecule has 0 unspecified atom stereocenters. The summed E-state index contributed by atoms with van der Waals surface area (Å²) in [5.74, 6) is 0.148. The molecule has 1 rings (SSSR count). The second kappa shape index (κ2) is 3.46. The van der Waals surface area contributed by atoms with E-state index in [1.54, 1.807) is 0 Å². The van der Waals surface area contributed by atoms with Crippen LogP contribution in [0.3, 0.4) is 0 Å². The average molecular weight is 231 g/mol. The van der Waals surface area contributed by atoms with Crippen LogP contribution < -0.4 is 0 Å². The summed E-state index contributed by atoms with van der Waals surface area (Å²) >= 11 is 3.24. The maximum absolute atomic E-state index is 9.55. The van der Waals surface area contributed by atoms with Gasteiger partial charge in [0.05, 0.1) is 11.1 Å². The highest BCUT2D eigenvalue weighted by Gasteiger charge is 2.09. The monoisotopic (exact) mass is 230 g/mol. The molecule has 2 N–H and O–H groups in total. The van der Waals surface area contributed by atoms with Crippen molar-refractivity contribution in [2.24, 2.45) is 0 Å². The Morgan fingerprint density at radius 2 is 1.92 bits per heavy atom. The molecule has 0 aromatic heterocycles. The van der Waals surface area contributed by atoms with E-state index in [0.29, 0.717) is 10.0 Å². The van der Waals surface area contributed by atoms with Gasteiger partial charge in [-0.1, -0.05) is 6.07 Å². The fourth-order valence-corrected chi connectivity index (χ4v) is 1.53. The minimum atomic E-state index is -0.128. The zero-order valence-electron chi connectivity index (χ0n) is 7.06. The number of aryl methyl sites for hydroxylation is 2. The van der Waals surface area contributed by atoms with Crippen LogP contribution in [0.4, 0.5) is 0 Å². The third kappa shape index (κ3) is 1.47. The Hall–Kier alpha value is -0.540. The summed E-state index contributed by atoms with van der Waals surface area (Å²) in [6, 6.07) is 1.93. The highest BCUT2D eigenvalue weighted by atomic mass is 79.9. The molecule has 0 aliphatic heterocycles. The van der Waals surface area contributed by atoms with Crippen molar-refractivity contribution in [1.29, 1.82) is 0 Å². The molecular weight excluding hydrogens is 220 g/mol. The Kier molecular flexibility index (Phi) is 2.75. The van der Waals surface area contributed by atoms with Gasteiger partial charge < -0.3 is 10.2 Å². The Balaban J connectivity index is 3.40. The van der Waals surface area contributed by atoms with Gasteiger partial charge in [-0.15, -0.1) is 0 Å². The molecule has 0 aliphatic rings. The number of aliphatic hydroxyl groups is 1. The van der Waals surface area contributed by atoms with Gasteiger partial charge in [-0.3, -0.25) is 0 Å². The molecule has 1 aromatic carbocycles. The van der Waals surface area contributed by atoms with Crippen molar-refractivity contribution in [3.05, 3.63) is 27.2 Å². The van der Waals surface area contributed by atoms with E-state index in [1.807, 2.05) is 19.9 Å². The van der Waals surface area contributed by atoms with Gasteiger partial charge in [-0.2, -0.15) is 0 Å². The van der Waals surface area contributed by atoms with Crippen LogP contribution in [0.5, 0.6) is 5.75 Å². The van der Waals surface area contributed by atoms with Gasteiger partial charge in [-0.25, -0.2) is 0 Å². The Bertz CT molecular complexity index is 308. The zero-order valence-corrected chi connectivity index (χ0v) is 8.64. The first-order valence-corrected chi connectivity index (χ1v) is 4.45. The first-order valence-electron chi connectivity index (χ1n) is 3.66. The molecular formula is C9H11BrO2. The molecule has 0 atom stereocenters. The summed E-state index contributed by atoms with van der Waals surface area (Å²) in [4.78, 5) is 0. The van der Waals surface area contributed by atoms with Gasteiger partial charge in [0.1, 0.15) is 5.75 Å². The number of phenols is 1. The average Bonchev–Trinajstić information content (AvgIpc) is 2.01. The van der Waals surface area contributed by atoms with Crippen LogP contribution in [-0.4, -0.2) is 10.2 Å². The lowest BCUT2D eigenvalue weighted by molar-refractivity contribution is 0.274. The summed E-state index contributed by atoms with van der Waals surface area (Å²) in [6.07, 6.45) is 0.